The van der Waals surface area contributed by atoms with Crippen molar-refractivity contribution in [2.75, 3.05) is 12.9 Å². The van der Waals surface area contributed by atoms with E-state index < -0.39 is 5.90 Å². The number of thioether (sulfide) groups is 1. The highest BCUT2D eigenvalue weighted by molar-refractivity contribution is 7.99. The summed E-state index contributed by atoms with van der Waals surface area (Å²) < 4.78 is 11.8. The van der Waals surface area contributed by atoms with Crippen molar-refractivity contribution < 1.29 is 19.0 Å². The van der Waals surface area contributed by atoms with Gasteiger partial charge in [0.05, 0.1) is 18.4 Å². The molecule has 0 fully saturated rings. The molecule has 2 aromatic heterocycles. The number of aromatic nitrogens is 3. The van der Waals surface area contributed by atoms with Gasteiger partial charge in [-0.05, 0) is 55.6 Å². The van der Waals surface area contributed by atoms with Crippen LogP contribution in [-0.2, 0) is 6.54 Å². The molecule has 0 saturated carbocycles. The molecular formula is C26H23N5O3S. The van der Waals surface area contributed by atoms with Gasteiger partial charge in [-0.1, -0.05) is 46.3 Å². The van der Waals surface area contributed by atoms with Crippen molar-refractivity contribution >= 4 is 23.5 Å². The Morgan fingerprint density at radius 1 is 1.17 bits per heavy atom. The number of nitriles is 1. The zero-order chi connectivity index (χ0) is 24.8. The van der Waals surface area contributed by atoms with Crippen molar-refractivity contribution in [3.05, 3.63) is 71.9 Å². The van der Waals surface area contributed by atoms with Crippen molar-refractivity contribution in [3.63, 3.8) is 0 Å². The summed E-state index contributed by atoms with van der Waals surface area (Å²) in [6.07, 6.45) is 1.56. The Labute approximate surface area is 207 Å². The second kappa shape index (κ2) is 10.8. The Kier molecular flexibility index (Phi) is 7.43. The van der Waals surface area contributed by atoms with E-state index in [0.717, 1.165) is 28.0 Å². The molecule has 0 atom stereocenters. The fraction of sp³-hybridized carbons (Fsp3) is 0.192. The van der Waals surface area contributed by atoms with E-state index in [1.54, 1.807) is 18.0 Å². The van der Waals surface area contributed by atoms with Crippen molar-refractivity contribution in [1.29, 1.82) is 5.26 Å². The molecular weight excluding hydrogens is 462 g/mol. The number of hydrogen-bond donors (Lipinski definition) is 0. The van der Waals surface area contributed by atoms with Crippen LogP contribution in [0.4, 0.5) is 5.88 Å². The van der Waals surface area contributed by atoms with Crippen LogP contribution in [0.5, 0.6) is 5.75 Å². The largest absolute Gasteiger partial charge is 0.861 e. The fourth-order valence-corrected chi connectivity index (χ4v) is 4.14. The van der Waals surface area contributed by atoms with Crippen LogP contribution in [0.15, 0.2) is 75.3 Å². The zero-order valence-electron chi connectivity index (χ0n) is 19.6. The van der Waals surface area contributed by atoms with Crippen molar-refractivity contribution in [2.45, 2.75) is 25.4 Å². The van der Waals surface area contributed by atoms with Crippen LogP contribution in [0.1, 0.15) is 18.1 Å². The number of hydrogen-bond acceptors (Lipinski definition) is 8. The lowest BCUT2D eigenvalue weighted by atomic mass is 9.98. The quantitative estimate of drug-likeness (QED) is 0.160. The second-order valence-corrected chi connectivity index (χ2v) is 8.60. The number of nitrogens with zero attached hydrogens (tertiary/aromatic N) is 5. The summed E-state index contributed by atoms with van der Waals surface area (Å²) in [5, 5.41) is 26.7. The molecule has 0 aliphatic carbocycles. The Morgan fingerprint density at radius 3 is 2.51 bits per heavy atom. The van der Waals surface area contributed by atoms with Gasteiger partial charge in [0.25, 0.3) is 6.20 Å². The lowest BCUT2D eigenvalue weighted by Gasteiger charge is -2.14. The minimum absolute atomic E-state index is 0.00604. The highest BCUT2D eigenvalue weighted by atomic mass is 32.2. The summed E-state index contributed by atoms with van der Waals surface area (Å²) in [6, 6.07) is 19.7. The molecule has 0 N–H and O–H groups in total. The highest BCUT2D eigenvalue weighted by Gasteiger charge is 2.16. The third kappa shape index (κ3) is 5.67. The first-order valence-electron chi connectivity index (χ1n) is 10.9. The molecule has 0 bridgehead atoms. The molecule has 0 amide bonds. The maximum absolute atomic E-state index is 12.5. The average Bonchev–Trinajstić information content (AvgIpc) is 3.34. The van der Waals surface area contributed by atoms with Gasteiger partial charge in [0.15, 0.2) is 6.54 Å². The number of ether oxygens (including phenoxy) is 1. The molecule has 0 saturated heterocycles. The Bertz CT molecular complexity index is 1390. The van der Waals surface area contributed by atoms with E-state index in [1.165, 1.54) is 11.8 Å². The van der Waals surface area contributed by atoms with E-state index >= 15 is 0 Å². The van der Waals surface area contributed by atoms with Gasteiger partial charge in [0, 0.05) is 16.9 Å². The molecule has 0 aliphatic rings. The van der Waals surface area contributed by atoms with Crippen LogP contribution < -0.4 is 14.5 Å². The van der Waals surface area contributed by atoms with E-state index in [0.29, 0.717) is 22.8 Å². The van der Waals surface area contributed by atoms with E-state index in [1.807, 2.05) is 68.4 Å². The summed E-state index contributed by atoms with van der Waals surface area (Å²) in [5.41, 5.74) is 4.73. The van der Waals surface area contributed by atoms with Gasteiger partial charge in [-0.3, -0.25) is 4.52 Å². The molecule has 0 aliphatic heterocycles. The van der Waals surface area contributed by atoms with Gasteiger partial charge in [-0.2, -0.15) is 5.26 Å². The molecule has 2 aromatic carbocycles. The molecule has 0 radical (unpaired) electrons. The predicted molar refractivity (Wildman–Crippen MR) is 131 cm³/mol. The van der Waals surface area contributed by atoms with Crippen LogP contribution in [0.3, 0.4) is 0 Å². The van der Waals surface area contributed by atoms with Crippen molar-refractivity contribution in [1.82, 2.24) is 10.3 Å². The van der Waals surface area contributed by atoms with E-state index in [4.69, 9.17) is 14.2 Å². The monoisotopic (exact) mass is 485 g/mol. The first-order valence-corrected chi connectivity index (χ1v) is 11.9. The number of pyridine rings is 1. The number of benzene rings is 2. The average molecular weight is 486 g/mol. The molecule has 4 aromatic rings. The zero-order valence-corrected chi connectivity index (χ0v) is 20.4. The first kappa shape index (κ1) is 24.0. The van der Waals surface area contributed by atoms with Gasteiger partial charge in [0.2, 0.25) is 5.27 Å². The normalized spacial score (nSPS) is 11.3. The smallest absolute Gasteiger partial charge is 0.320 e. The van der Waals surface area contributed by atoms with Gasteiger partial charge in [-0.15, -0.1) is 0 Å². The predicted octanol–water partition coefficient (Wildman–Crippen LogP) is 4.08. The molecule has 176 valence electrons. The molecule has 35 heavy (non-hydrogen) atoms. The van der Waals surface area contributed by atoms with Gasteiger partial charge in [0.1, 0.15) is 16.8 Å². The third-order valence-electron chi connectivity index (χ3n) is 5.24. The summed E-state index contributed by atoms with van der Waals surface area (Å²) in [4.78, 5) is 8.69. The second-order valence-electron chi connectivity index (χ2n) is 7.63. The molecule has 0 spiro atoms. The topological polar surface area (TPSA) is 111 Å². The molecule has 0 unspecified atom stereocenters. The maximum atomic E-state index is 12.5. The lowest BCUT2D eigenvalue weighted by molar-refractivity contribution is -0.759. The van der Waals surface area contributed by atoms with Crippen LogP contribution in [0, 0.1) is 18.3 Å². The number of methoxy groups -OCH3 is 1. The van der Waals surface area contributed by atoms with E-state index in [-0.39, 0.29) is 11.6 Å². The van der Waals surface area contributed by atoms with Crippen LogP contribution in [0.25, 0.3) is 22.4 Å². The third-order valence-corrected chi connectivity index (χ3v) is 6.20. The minimum atomic E-state index is -0.410. The SMILES string of the molecule is CC[n+]1cc(/N=C(/[O-])CSc2nc(-c3ccc(OC)cc3)cc(-c3ccc(C)cc3)c2C#N)on1. The molecule has 2 heterocycles. The number of aryl methyl sites for hydroxylation is 2. The Morgan fingerprint density at radius 2 is 1.89 bits per heavy atom. The number of aliphatic imine (C=N–C) groups is 1. The van der Waals surface area contributed by atoms with Crippen LogP contribution >= 0.6 is 11.8 Å². The lowest BCUT2D eigenvalue weighted by Crippen LogP contribution is -2.32. The fourth-order valence-electron chi connectivity index (χ4n) is 3.36. The summed E-state index contributed by atoms with van der Waals surface area (Å²) >= 11 is 1.17. The van der Waals surface area contributed by atoms with Crippen LogP contribution in [0.2, 0.25) is 0 Å². The van der Waals surface area contributed by atoms with Gasteiger partial charge < -0.3 is 9.84 Å². The summed E-state index contributed by atoms with van der Waals surface area (Å²) in [7, 11) is 1.61. The van der Waals surface area contributed by atoms with Crippen molar-refractivity contribution in [2.24, 2.45) is 4.99 Å². The van der Waals surface area contributed by atoms with Gasteiger partial charge in [-0.25, -0.2) is 9.98 Å². The Hall–Kier alpha value is -4.16. The molecule has 8 nitrogen and oxygen atoms in total. The Balaban J connectivity index is 1.73. The standard InChI is InChI=1S/C26H23N5O3S/c1-4-31-15-25(34-30-31)29-24(32)16-35-26-22(14-27)21(18-7-5-17(2)6-8-18)13-23(28-26)19-9-11-20(33-3)12-10-19/h5-13,15H,4,16H2,1-3H3. The maximum Gasteiger partial charge on any atom is 0.320 e. The van der Waals surface area contributed by atoms with Crippen LogP contribution in [-0.4, -0.2) is 29.0 Å². The summed E-state index contributed by atoms with van der Waals surface area (Å²) in [5.74, 6) is 0.457. The van der Waals surface area contributed by atoms with Crippen molar-refractivity contribution in [3.8, 4) is 34.2 Å². The molecule has 9 heteroatoms. The van der Waals surface area contributed by atoms with E-state index in [9.17, 15) is 10.4 Å². The first-order chi connectivity index (χ1) is 17.0. The number of rotatable bonds is 8. The molecule has 4 rings (SSSR count). The van der Waals surface area contributed by atoms with E-state index in [2.05, 4.69) is 16.3 Å². The summed E-state index contributed by atoms with van der Waals surface area (Å²) in [6.45, 7) is 4.52. The highest BCUT2D eigenvalue weighted by Crippen LogP contribution is 2.34. The minimum Gasteiger partial charge on any atom is -0.861 e. The van der Waals surface area contributed by atoms with Gasteiger partial charge >= 0.3 is 5.88 Å².